The molecule has 0 unspecified atom stereocenters. The van der Waals surface area contributed by atoms with E-state index < -0.39 is 5.60 Å². The van der Waals surface area contributed by atoms with Crippen LogP contribution < -0.4 is 0 Å². The topological polar surface area (TPSA) is 64.6 Å². The van der Waals surface area contributed by atoms with Crippen LogP contribution in [0.1, 0.15) is 83.1 Å². The van der Waals surface area contributed by atoms with Crippen molar-refractivity contribution in [2.45, 2.75) is 166 Å². The van der Waals surface area contributed by atoms with Gasteiger partial charge in [0, 0.05) is 5.25 Å². The van der Waals surface area contributed by atoms with Crippen molar-refractivity contribution >= 4 is 11.8 Å². The minimum atomic E-state index is -0.446. The fourth-order valence-electron chi connectivity index (χ4n) is 5.76. The summed E-state index contributed by atoms with van der Waals surface area (Å²) in [4.78, 5) is 0. The summed E-state index contributed by atoms with van der Waals surface area (Å²) < 4.78 is 42.2. The van der Waals surface area contributed by atoms with Gasteiger partial charge < -0.3 is 33.2 Å². The van der Waals surface area contributed by atoms with Crippen molar-refractivity contribution in [3.63, 3.8) is 0 Å². The first-order valence-electron chi connectivity index (χ1n) is 13.9. The quantitative estimate of drug-likeness (QED) is 0.389. The van der Waals surface area contributed by atoms with E-state index in [2.05, 4.69) is 41.5 Å². The summed E-state index contributed by atoms with van der Waals surface area (Å²) in [6, 6.07) is 0. The number of hydrogen-bond donors (Lipinski definition) is 0. The zero-order valence-electron chi connectivity index (χ0n) is 24.6. The second-order valence-corrected chi connectivity index (χ2v) is 13.5. The van der Waals surface area contributed by atoms with Gasteiger partial charge in [-0.2, -0.15) is 0 Å². The average Bonchev–Trinajstić information content (AvgIpc) is 3.36. The molecule has 212 valence electrons. The van der Waals surface area contributed by atoms with E-state index in [-0.39, 0.29) is 66.6 Å². The molecule has 4 saturated heterocycles. The van der Waals surface area contributed by atoms with Gasteiger partial charge in [0.15, 0.2) is 0 Å². The lowest BCUT2D eigenvalue weighted by Gasteiger charge is -2.36. The van der Waals surface area contributed by atoms with Crippen molar-refractivity contribution in [3.8, 4) is 0 Å². The van der Waals surface area contributed by atoms with Crippen molar-refractivity contribution in [2.24, 2.45) is 0 Å². The number of ether oxygens (including phenoxy) is 7. The Balaban J connectivity index is 0.000000201. The number of thioether (sulfide) groups is 1. The van der Waals surface area contributed by atoms with Crippen LogP contribution in [0, 0.1) is 0 Å². The van der Waals surface area contributed by atoms with Gasteiger partial charge in [-0.3, -0.25) is 0 Å². The summed E-state index contributed by atoms with van der Waals surface area (Å²) in [6.07, 6.45) is 1.31. The fraction of sp³-hybridized carbons (Fsp3) is 1.00. The summed E-state index contributed by atoms with van der Waals surface area (Å²) in [5.74, 6) is 0. The van der Waals surface area contributed by atoms with Crippen LogP contribution in [0.2, 0.25) is 0 Å². The molecule has 0 amide bonds. The SMILES string of the molecule is CC(C)OC[C@]12O[C@@H](C)[C@H](O[C@H]1C)[C@@H]2OC(C)C.CC(C)OC[C@]12O[C@@H](C)[C@H](S[C@H]1C)[C@@H]2OC(C)C. The Morgan fingerprint density at radius 2 is 1.17 bits per heavy atom. The molecule has 4 bridgehead atoms. The van der Waals surface area contributed by atoms with Gasteiger partial charge >= 0.3 is 0 Å². The second-order valence-electron chi connectivity index (χ2n) is 12.0. The highest BCUT2D eigenvalue weighted by molar-refractivity contribution is 8.01. The van der Waals surface area contributed by atoms with Crippen molar-refractivity contribution in [2.75, 3.05) is 13.2 Å². The molecular formula is C28H52O7S. The van der Waals surface area contributed by atoms with Gasteiger partial charge in [-0.25, -0.2) is 0 Å². The van der Waals surface area contributed by atoms with Gasteiger partial charge in [-0.05, 0) is 76.2 Å². The third-order valence-corrected chi connectivity index (χ3v) is 9.27. The van der Waals surface area contributed by atoms with Gasteiger partial charge in [0.05, 0.1) is 61.2 Å². The second kappa shape index (κ2) is 12.1. The zero-order valence-corrected chi connectivity index (χ0v) is 25.4. The molecule has 0 aromatic rings. The van der Waals surface area contributed by atoms with E-state index >= 15 is 0 Å². The Labute approximate surface area is 223 Å². The largest absolute Gasteiger partial charge is 0.376 e. The first-order valence-corrected chi connectivity index (χ1v) is 14.9. The van der Waals surface area contributed by atoms with Crippen LogP contribution in [-0.2, 0) is 33.2 Å². The van der Waals surface area contributed by atoms with Crippen LogP contribution in [0.25, 0.3) is 0 Å². The lowest BCUT2D eigenvalue weighted by atomic mass is 9.93. The minimum absolute atomic E-state index is 0.0150. The molecule has 4 heterocycles. The Bertz CT molecular complexity index is 645. The van der Waals surface area contributed by atoms with Crippen molar-refractivity contribution in [1.82, 2.24) is 0 Å². The molecule has 4 aliphatic rings. The maximum absolute atomic E-state index is 6.25. The standard InChI is InChI=1S/C14H26O4.C14H26O3S/c1-8(2)15-7-14-11(6)17-12(10(5)18-14)13(14)16-9(3)4;1-8(2)15-7-14-11(6)18-12(10(5)17-14)13(14)16-9(3)4/h2*8-13H,7H2,1-6H3/t2*10-,11-,12-,13-,14-/m00/s1. The summed E-state index contributed by atoms with van der Waals surface area (Å²) in [5, 5.41) is 0.874. The molecule has 0 N–H and O–H groups in total. The van der Waals surface area contributed by atoms with E-state index in [9.17, 15) is 0 Å². The van der Waals surface area contributed by atoms with Gasteiger partial charge in [0.25, 0.3) is 0 Å². The van der Waals surface area contributed by atoms with Crippen LogP contribution >= 0.6 is 11.8 Å². The monoisotopic (exact) mass is 532 g/mol. The smallest absolute Gasteiger partial charge is 0.146 e. The average molecular weight is 533 g/mol. The number of fused-ring (bicyclic) bond motifs is 4. The molecular weight excluding hydrogens is 480 g/mol. The van der Waals surface area contributed by atoms with Crippen LogP contribution in [0.3, 0.4) is 0 Å². The summed E-state index contributed by atoms with van der Waals surface area (Å²) in [5.41, 5.74) is -0.706. The fourth-order valence-corrected chi connectivity index (χ4v) is 7.43. The normalized spacial score (nSPS) is 43.3. The first kappa shape index (κ1) is 30.6. The third kappa shape index (κ3) is 6.11. The molecule has 8 heteroatoms. The van der Waals surface area contributed by atoms with E-state index in [4.69, 9.17) is 33.2 Å². The predicted octanol–water partition coefficient (Wildman–Crippen LogP) is 5.02. The highest BCUT2D eigenvalue weighted by atomic mass is 32.2. The summed E-state index contributed by atoms with van der Waals surface area (Å²) in [6.45, 7) is 26.1. The van der Waals surface area contributed by atoms with Gasteiger partial charge in [-0.1, -0.05) is 6.92 Å². The Morgan fingerprint density at radius 1 is 0.667 bits per heavy atom. The molecule has 7 nitrogen and oxygen atoms in total. The van der Waals surface area contributed by atoms with Gasteiger partial charge in [0.1, 0.15) is 29.5 Å². The van der Waals surface area contributed by atoms with Crippen molar-refractivity contribution in [3.05, 3.63) is 0 Å². The van der Waals surface area contributed by atoms with E-state index in [1.54, 1.807) is 0 Å². The molecule has 0 aromatic carbocycles. The van der Waals surface area contributed by atoms with Gasteiger partial charge in [-0.15, -0.1) is 11.8 Å². The molecule has 4 rings (SSSR count). The highest BCUT2D eigenvalue weighted by Crippen LogP contribution is 2.54. The lowest BCUT2D eigenvalue weighted by Crippen LogP contribution is -2.52. The molecule has 0 saturated carbocycles. The van der Waals surface area contributed by atoms with Crippen LogP contribution in [0.15, 0.2) is 0 Å². The molecule has 4 aliphatic heterocycles. The predicted molar refractivity (Wildman–Crippen MR) is 144 cm³/mol. The maximum atomic E-state index is 6.25. The maximum Gasteiger partial charge on any atom is 0.146 e. The number of rotatable bonds is 10. The number of hydrogen-bond acceptors (Lipinski definition) is 8. The molecule has 4 fully saturated rings. The Morgan fingerprint density at radius 3 is 1.69 bits per heavy atom. The van der Waals surface area contributed by atoms with Crippen LogP contribution in [0.5, 0.6) is 0 Å². The summed E-state index contributed by atoms with van der Waals surface area (Å²) in [7, 11) is 0. The van der Waals surface area contributed by atoms with E-state index in [1.807, 2.05) is 53.3 Å². The first-order chi connectivity index (χ1) is 16.7. The molecule has 0 aliphatic carbocycles. The zero-order chi connectivity index (χ0) is 27.0. The molecule has 0 spiro atoms. The molecule has 0 radical (unpaired) electrons. The Kier molecular flexibility index (Phi) is 10.3. The highest BCUT2D eigenvalue weighted by Gasteiger charge is 2.66. The van der Waals surface area contributed by atoms with Crippen LogP contribution in [-0.4, -0.2) is 96.0 Å². The lowest BCUT2D eigenvalue weighted by molar-refractivity contribution is -0.204. The molecule has 10 atom stereocenters. The van der Waals surface area contributed by atoms with Gasteiger partial charge in [0.2, 0.25) is 0 Å². The van der Waals surface area contributed by atoms with E-state index in [1.165, 1.54) is 0 Å². The third-order valence-electron chi connectivity index (χ3n) is 7.52. The minimum Gasteiger partial charge on any atom is -0.376 e. The van der Waals surface area contributed by atoms with Crippen molar-refractivity contribution < 1.29 is 33.2 Å². The Hall–Kier alpha value is 0.0700. The molecule has 0 aromatic heterocycles. The van der Waals surface area contributed by atoms with Crippen LogP contribution in [0.4, 0.5) is 0 Å². The summed E-state index contributed by atoms with van der Waals surface area (Å²) >= 11 is 1.99. The van der Waals surface area contributed by atoms with E-state index in [0.29, 0.717) is 23.7 Å². The molecule has 36 heavy (non-hydrogen) atoms. The van der Waals surface area contributed by atoms with E-state index in [0.717, 1.165) is 0 Å². The van der Waals surface area contributed by atoms with Crippen molar-refractivity contribution in [1.29, 1.82) is 0 Å².